The molecule has 0 aliphatic heterocycles. The molecule has 1 aliphatic rings. The van der Waals surface area contributed by atoms with Crippen molar-refractivity contribution < 1.29 is 9.18 Å². The van der Waals surface area contributed by atoms with Crippen molar-refractivity contribution in [3.8, 4) is 0 Å². The number of anilines is 1. The lowest BCUT2D eigenvalue weighted by Crippen LogP contribution is -2.29. The smallest absolute Gasteiger partial charge is 0.251 e. The average molecular weight is 222 g/mol. The topological polar surface area (TPSA) is 55.1 Å². The molecule has 1 aromatic carbocycles. The molecule has 1 aliphatic carbocycles. The van der Waals surface area contributed by atoms with Gasteiger partial charge in [-0.3, -0.25) is 4.79 Å². The quantitative estimate of drug-likeness (QED) is 0.768. The number of nitrogen functional groups attached to an aromatic ring is 1. The van der Waals surface area contributed by atoms with Crippen LogP contribution >= 0.6 is 0 Å². The molecular formula is C12H15FN2O. The molecule has 16 heavy (non-hydrogen) atoms. The number of nitrogens with two attached hydrogens (primary N) is 1. The Hall–Kier alpha value is -1.58. The van der Waals surface area contributed by atoms with E-state index in [9.17, 15) is 9.18 Å². The highest BCUT2D eigenvalue weighted by Gasteiger charge is 2.37. The Morgan fingerprint density at radius 3 is 2.81 bits per heavy atom. The summed E-state index contributed by atoms with van der Waals surface area (Å²) in [6, 6.07) is 4.01. The van der Waals surface area contributed by atoms with E-state index in [0.29, 0.717) is 12.1 Å². The molecule has 0 bridgehead atoms. The van der Waals surface area contributed by atoms with Gasteiger partial charge in [0.1, 0.15) is 5.82 Å². The summed E-state index contributed by atoms with van der Waals surface area (Å²) < 4.78 is 12.9. The first kappa shape index (κ1) is 10.9. The number of hydrogen-bond donors (Lipinski definition) is 2. The molecule has 1 aromatic rings. The molecule has 0 unspecified atom stereocenters. The first-order chi connectivity index (χ1) is 7.50. The maximum atomic E-state index is 12.9. The van der Waals surface area contributed by atoms with Gasteiger partial charge in [-0.1, -0.05) is 6.92 Å². The van der Waals surface area contributed by atoms with E-state index in [4.69, 9.17) is 5.73 Å². The number of carbonyl (C=O) groups is 1. The van der Waals surface area contributed by atoms with Crippen LogP contribution in [0, 0.1) is 11.2 Å². The Labute approximate surface area is 93.8 Å². The van der Waals surface area contributed by atoms with Gasteiger partial charge in [-0.2, -0.15) is 0 Å². The van der Waals surface area contributed by atoms with Crippen LogP contribution in [0.3, 0.4) is 0 Å². The fourth-order valence-corrected chi connectivity index (χ4v) is 1.47. The summed E-state index contributed by atoms with van der Waals surface area (Å²) in [5.41, 5.74) is 6.07. The molecule has 0 spiro atoms. The van der Waals surface area contributed by atoms with Gasteiger partial charge in [0.15, 0.2) is 0 Å². The number of benzene rings is 1. The highest BCUT2D eigenvalue weighted by molar-refractivity contribution is 5.95. The average Bonchev–Trinajstić information content (AvgIpc) is 2.98. The van der Waals surface area contributed by atoms with Crippen LogP contribution in [-0.4, -0.2) is 12.5 Å². The zero-order valence-electron chi connectivity index (χ0n) is 9.22. The van der Waals surface area contributed by atoms with Crippen LogP contribution in [0.4, 0.5) is 10.1 Å². The summed E-state index contributed by atoms with van der Waals surface area (Å²) >= 11 is 0. The molecule has 3 N–H and O–H groups in total. The minimum Gasteiger partial charge on any atom is -0.396 e. The Morgan fingerprint density at radius 2 is 2.25 bits per heavy atom. The summed E-state index contributed by atoms with van der Waals surface area (Å²) in [6.45, 7) is 2.80. The van der Waals surface area contributed by atoms with E-state index >= 15 is 0 Å². The molecule has 0 atom stereocenters. The van der Waals surface area contributed by atoms with Crippen molar-refractivity contribution in [2.45, 2.75) is 19.8 Å². The molecule has 3 nitrogen and oxygen atoms in total. The summed E-state index contributed by atoms with van der Waals surface area (Å²) in [4.78, 5) is 11.7. The van der Waals surface area contributed by atoms with Crippen molar-refractivity contribution in [1.29, 1.82) is 0 Å². The summed E-state index contributed by atoms with van der Waals surface area (Å²) in [5.74, 6) is -0.689. The summed E-state index contributed by atoms with van der Waals surface area (Å²) in [6.07, 6.45) is 2.30. The lowest BCUT2D eigenvalue weighted by molar-refractivity contribution is 0.0946. The first-order valence-corrected chi connectivity index (χ1v) is 5.33. The number of amides is 1. The van der Waals surface area contributed by atoms with E-state index in [1.165, 1.54) is 18.2 Å². The van der Waals surface area contributed by atoms with Crippen LogP contribution in [0.25, 0.3) is 0 Å². The van der Waals surface area contributed by atoms with E-state index in [0.717, 1.165) is 12.8 Å². The third-order valence-electron chi connectivity index (χ3n) is 3.04. The van der Waals surface area contributed by atoms with Gasteiger partial charge in [0.25, 0.3) is 5.91 Å². The second-order valence-corrected chi connectivity index (χ2v) is 4.73. The first-order valence-electron chi connectivity index (χ1n) is 5.33. The Balaban J connectivity index is 2.00. The van der Waals surface area contributed by atoms with E-state index in [1.807, 2.05) is 0 Å². The monoisotopic (exact) mass is 222 g/mol. The zero-order valence-corrected chi connectivity index (χ0v) is 9.22. The van der Waals surface area contributed by atoms with E-state index in [-0.39, 0.29) is 17.0 Å². The Bertz CT molecular complexity index is 427. The van der Waals surface area contributed by atoms with Gasteiger partial charge < -0.3 is 11.1 Å². The normalized spacial score (nSPS) is 16.9. The van der Waals surface area contributed by atoms with Crippen molar-refractivity contribution in [2.75, 3.05) is 12.3 Å². The van der Waals surface area contributed by atoms with Gasteiger partial charge in [-0.25, -0.2) is 4.39 Å². The van der Waals surface area contributed by atoms with Crippen LogP contribution in [-0.2, 0) is 0 Å². The van der Waals surface area contributed by atoms with Crippen molar-refractivity contribution in [1.82, 2.24) is 5.32 Å². The Kier molecular flexibility index (Phi) is 2.58. The van der Waals surface area contributed by atoms with Gasteiger partial charge >= 0.3 is 0 Å². The van der Waals surface area contributed by atoms with E-state index < -0.39 is 5.82 Å². The maximum absolute atomic E-state index is 12.9. The fourth-order valence-electron chi connectivity index (χ4n) is 1.47. The molecule has 1 fully saturated rings. The van der Waals surface area contributed by atoms with Gasteiger partial charge in [0, 0.05) is 12.1 Å². The van der Waals surface area contributed by atoms with E-state index in [1.54, 1.807) is 0 Å². The molecule has 1 amide bonds. The number of carbonyl (C=O) groups excluding carboxylic acids is 1. The molecule has 2 rings (SSSR count). The maximum Gasteiger partial charge on any atom is 0.251 e. The molecule has 1 saturated carbocycles. The second-order valence-electron chi connectivity index (χ2n) is 4.73. The van der Waals surface area contributed by atoms with Gasteiger partial charge in [0.2, 0.25) is 0 Å². The molecule has 0 heterocycles. The highest BCUT2D eigenvalue weighted by Crippen LogP contribution is 2.44. The van der Waals surface area contributed by atoms with Crippen molar-refractivity contribution in [3.63, 3.8) is 0 Å². The minimum absolute atomic E-state index is 0.00489. The minimum atomic E-state index is -0.495. The number of hydrogen-bond acceptors (Lipinski definition) is 2. The molecule has 86 valence electrons. The molecule has 4 heteroatoms. The van der Waals surface area contributed by atoms with Crippen molar-refractivity contribution in [3.05, 3.63) is 29.6 Å². The lowest BCUT2D eigenvalue weighted by Gasteiger charge is -2.10. The van der Waals surface area contributed by atoms with Crippen LogP contribution in [0.15, 0.2) is 18.2 Å². The lowest BCUT2D eigenvalue weighted by atomic mass is 10.1. The van der Waals surface area contributed by atoms with Crippen molar-refractivity contribution in [2.24, 2.45) is 5.41 Å². The predicted molar refractivity (Wildman–Crippen MR) is 60.5 cm³/mol. The van der Waals surface area contributed by atoms with Crippen molar-refractivity contribution >= 4 is 11.6 Å². The zero-order chi connectivity index (χ0) is 11.8. The fraction of sp³-hybridized carbons (Fsp3) is 0.417. The second kappa shape index (κ2) is 3.77. The van der Waals surface area contributed by atoms with Gasteiger partial charge in [0.05, 0.1) is 5.69 Å². The van der Waals surface area contributed by atoms with Crippen LogP contribution in [0.5, 0.6) is 0 Å². The third-order valence-corrected chi connectivity index (χ3v) is 3.04. The predicted octanol–water partition coefficient (Wildman–Crippen LogP) is 1.94. The number of nitrogens with one attached hydrogen (secondary N) is 1. The SMILES string of the molecule is CC1(CNC(=O)c2ccc(F)c(N)c2)CC1. The molecule has 0 aromatic heterocycles. The molecular weight excluding hydrogens is 207 g/mol. The van der Waals surface area contributed by atoms with Crippen LogP contribution in [0.2, 0.25) is 0 Å². The van der Waals surface area contributed by atoms with Crippen LogP contribution < -0.4 is 11.1 Å². The summed E-state index contributed by atoms with van der Waals surface area (Å²) in [5, 5.41) is 2.83. The van der Waals surface area contributed by atoms with Gasteiger partial charge in [-0.15, -0.1) is 0 Å². The van der Waals surface area contributed by atoms with E-state index in [2.05, 4.69) is 12.2 Å². The molecule has 0 saturated heterocycles. The molecule has 0 radical (unpaired) electrons. The standard InChI is InChI=1S/C12H15FN2O/c1-12(4-5-12)7-15-11(16)8-2-3-9(13)10(14)6-8/h2-3,6H,4-5,7,14H2,1H3,(H,15,16). The van der Waals surface area contributed by atoms with Crippen LogP contribution in [0.1, 0.15) is 30.1 Å². The summed E-state index contributed by atoms with van der Waals surface area (Å²) in [7, 11) is 0. The number of rotatable bonds is 3. The largest absolute Gasteiger partial charge is 0.396 e. The third kappa shape index (κ3) is 2.32. The highest BCUT2D eigenvalue weighted by atomic mass is 19.1. The Morgan fingerprint density at radius 1 is 1.56 bits per heavy atom. The number of halogens is 1. The van der Waals surface area contributed by atoms with Gasteiger partial charge in [-0.05, 0) is 36.5 Å².